The van der Waals surface area contributed by atoms with Crippen molar-refractivity contribution >= 4 is 17.4 Å². The second kappa shape index (κ2) is 5.70. The van der Waals surface area contributed by atoms with Crippen LogP contribution in [-0.2, 0) is 21.5 Å². The summed E-state index contributed by atoms with van der Waals surface area (Å²) >= 11 is 0. The zero-order valence-corrected chi connectivity index (χ0v) is 14.7. The number of ketones is 1. The summed E-state index contributed by atoms with van der Waals surface area (Å²) in [6, 6.07) is 18.4. The molecule has 4 heteroatoms. The van der Waals surface area contributed by atoms with E-state index in [0.29, 0.717) is 19.4 Å². The molecule has 0 radical (unpaired) electrons. The molecule has 1 saturated carbocycles. The SMILES string of the molecule is O=C1C[C@@H]2Nc3ccccc3[C@@]23CCN(Cc2ccccc2)C(=O)[C@@H]3C1. The number of carbonyl (C=O) groups excluding carboxylic acids is 2. The number of rotatable bonds is 2. The average molecular weight is 346 g/mol. The van der Waals surface area contributed by atoms with Gasteiger partial charge in [0.05, 0.1) is 5.92 Å². The van der Waals surface area contributed by atoms with E-state index < -0.39 is 0 Å². The molecule has 132 valence electrons. The average Bonchev–Trinajstić information content (AvgIpc) is 2.97. The minimum atomic E-state index is -0.248. The molecule has 0 bridgehead atoms. The van der Waals surface area contributed by atoms with Crippen LogP contribution in [-0.4, -0.2) is 29.2 Å². The van der Waals surface area contributed by atoms with Crippen molar-refractivity contribution in [2.75, 3.05) is 11.9 Å². The van der Waals surface area contributed by atoms with Crippen molar-refractivity contribution in [1.29, 1.82) is 0 Å². The van der Waals surface area contributed by atoms with Crippen LogP contribution in [0, 0.1) is 5.92 Å². The van der Waals surface area contributed by atoms with Crippen LogP contribution in [0.1, 0.15) is 30.4 Å². The normalized spacial score (nSPS) is 29.6. The zero-order chi connectivity index (χ0) is 17.7. The second-order valence-electron chi connectivity index (χ2n) is 7.78. The van der Waals surface area contributed by atoms with Gasteiger partial charge in [0.15, 0.2) is 0 Å². The first kappa shape index (κ1) is 15.6. The predicted molar refractivity (Wildman–Crippen MR) is 99.7 cm³/mol. The van der Waals surface area contributed by atoms with Crippen LogP contribution < -0.4 is 5.32 Å². The minimum absolute atomic E-state index is 0.0500. The summed E-state index contributed by atoms with van der Waals surface area (Å²) < 4.78 is 0. The molecule has 1 spiro atoms. The van der Waals surface area contributed by atoms with Gasteiger partial charge in [-0.3, -0.25) is 9.59 Å². The van der Waals surface area contributed by atoms with E-state index in [1.54, 1.807) is 0 Å². The van der Waals surface area contributed by atoms with Gasteiger partial charge in [-0.15, -0.1) is 0 Å². The van der Waals surface area contributed by atoms with Crippen LogP contribution in [0.4, 0.5) is 5.69 Å². The summed E-state index contributed by atoms with van der Waals surface area (Å²) in [5.74, 6) is 0.0878. The number of anilines is 1. The smallest absolute Gasteiger partial charge is 0.227 e. The fourth-order valence-corrected chi connectivity index (χ4v) is 5.31. The lowest BCUT2D eigenvalue weighted by Crippen LogP contribution is -2.61. The van der Waals surface area contributed by atoms with E-state index in [-0.39, 0.29) is 29.1 Å². The molecule has 1 aliphatic carbocycles. The number of piperidine rings is 1. The summed E-state index contributed by atoms with van der Waals surface area (Å²) in [5.41, 5.74) is 3.24. The number of hydrogen-bond donors (Lipinski definition) is 1. The largest absolute Gasteiger partial charge is 0.381 e. The molecule has 3 atom stereocenters. The Balaban J connectivity index is 1.52. The molecule has 0 aromatic heterocycles. The molecule has 1 N–H and O–H groups in total. The van der Waals surface area contributed by atoms with E-state index in [1.807, 2.05) is 35.2 Å². The van der Waals surface area contributed by atoms with Crippen LogP contribution in [0.2, 0.25) is 0 Å². The molecule has 3 aliphatic rings. The van der Waals surface area contributed by atoms with Crippen molar-refractivity contribution in [2.24, 2.45) is 5.92 Å². The van der Waals surface area contributed by atoms with Gasteiger partial charge in [-0.1, -0.05) is 48.5 Å². The minimum Gasteiger partial charge on any atom is -0.381 e. The van der Waals surface area contributed by atoms with Gasteiger partial charge in [0.1, 0.15) is 5.78 Å². The molecular weight excluding hydrogens is 324 g/mol. The molecule has 5 rings (SSSR count). The molecule has 0 unspecified atom stereocenters. The van der Waals surface area contributed by atoms with E-state index in [4.69, 9.17) is 0 Å². The summed E-state index contributed by atoms with van der Waals surface area (Å²) in [7, 11) is 0. The van der Waals surface area contributed by atoms with Gasteiger partial charge in [0, 0.05) is 43.1 Å². The van der Waals surface area contributed by atoms with Crippen LogP contribution in [0.3, 0.4) is 0 Å². The Bertz CT molecular complexity index is 879. The molecule has 2 aliphatic heterocycles. The molecule has 26 heavy (non-hydrogen) atoms. The fourth-order valence-electron chi connectivity index (χ4n) is 5.31. The van der Waals surface area contributed by atoms with E-state index in [2.05, 4.69) is 29.6 Å². The predicted octanol–water partition coefficient (Wildman–Crippen LogP) is 3.13. The first-order valence-electron chi connectivity index (χ1n) is 9.39. The highest BCUT2D eigenvalue weighted by atomic mass is 16.2. The number of amides is 1. The van der Waals surface area contributed by atoms with Crippen LogP contribution in [0.25, 0.3) is 0 Å². The third-order valence-corrected chi connectivity index (χ3v) is 6.49. The topological polar surface area (TPSA) is 49.4 Å². The summed E-state index contributed by atoms with van der Waals surface area (Å²) in [4.78, 5) is 27.8. The quantitative estimate of drug-likeness (QED) is 0.909. The number of Topliss-reactive ketones (excluding diaryl/α,β-unsaturated/α-hetero) is 1. The third-order valence-electron chi connectivity index (χ3n) is 6.49. The van der Waals surface area contributed by atoms with Gasteiger partial charge >= 0.3 is 0 Å². The number of benzene rings is 2. The summed E-state index contributed by atoms with van der Waals surface area (Å²) in [6.45, 7) is 1.37. The highest BCUT2D eigenvalue weighted by Crippen LogP contribution is 2.55. The number of fused-ring (bicyclic) bond motifs is 1. The first-order chi connectivity index (χ1) is 12.7. The van der Waals surface area contributed by atoms with Crippen LogP contribution >= 0.6 is 0 Å². The number of hydrogen-bond acceptors (Lipinski definition) is 3. The number of carbonyl (C=O) groups is 2. The number of nitrogens with zero attached hydrogens (tertiary/aromatic N) is 1. The second-order valence-corrected chi connectivity index (χ2v) is 7.78. The van der Waals surface area contributed by atoms with Crippen molar-refractivity contribution in [3.8, 4) is 0 Å². The number of para-hydroxylation sites is 1. The van der Waals surface area contributed by atoms with Gasteiger partial charge in [0.25, 0.3) is 0 Å². The van der Waals surface area contributed by atoms with E-state index in [0.717, 1.165) is 24.2 Å². The lowest BCUT2D eigenvalue weighted by molar-refractivity contribution is -0.149. The van der Waals surface area contributed by atoms with Crippen molar-refractivity contribution in [2.45, 2.75) is 37.3 Å². The highest BCUT2D eigenvalue weighted by molar-refractivity contribution is 5.93. The Kier molecular flexibility index (Phi) is 3.42. The maximum absolute atomic E-state index is 13.4. The molecule has 4 nitrogen and oxygen atoms in total. The number of nitrogens with one attached hydrogen (secondary N) is 1. The van der Waals surface area contributed by atoms with Gasteiger partial charge in [-0.2, -0.15) is 0 Å². The molecular formula is C22H22N2O2. The van der Waals surface area contributed by atoms with Crippen molar-refractivity contribution < 1.29 is 9.59 Å². The lowest BCUT2D eigenvalue weighted by Gasteiger charge is -2.50. The fraction of sp³-hybridized carbons (Fsp3) is 0.364. The molecule has 1 amide bonds. The van der Waals surface area contributed by atoms with Crippen LogP contribution in [0.15, 0.2) is 54.6 Å². The van der Waals surface area contributed by atoms with Gasteiger partial charge in [-0.25, -0.2) is 0 Å². The molecule has 2 aromatic rings. The van der Waals surface area contributed by atoms with Crippen molar-refractivity contribution in [3.63, 3.8) is 0 Å². The Labute approximate surface area is 153 Å². The van der Waals surface area contributed by atoms with E-state index in [1.165, 1.54) is 5.56 Å². The number of likely N-dealkylation sites (tertiary alicyclic amines) is 1. The van der Waals surface area contributed by atoms with Gasteiger partial charge in [-0.05, 0) is 23.6 Å². The Morgan fingerprint density at radius 2 is 1.77 bits per heavy atom. The zero-order valence-electron chi connectivity index (χ0n) is 14.7. The van der Waals surface area contributed by atoms with Gasteiger partial charge < -0.3 is 10.2 Å². The molecule has 2 heterocycles. The maximum Gasteiger partial charge on any atom is 0.227 e. The third kappa shape index (κ3) is 2.14. The highest BCUT2D eigenvalue weighted by Gasteiger charge is 2.60. The molecule has 2 fully saturated rings. The first-order valence-corrected chi connectivity index (χ1v) is 9.39. The Morgan fingerprint density at radius 3 is 2.62 bits per heavy atom. The lowest BCUT2D eigenvalue weighted by atomic mass is 9.57. The maximum atomic E-state index is 13.4. The summed E-state index contributed by atoms with van der Waals surface area (Å²) in [5, 5.41) is 3.55. The molecule has 1 saturated heterocycles. The van der Waals surface area contributed by atoms with Crippen LogP contribution in [0.5, 0.6) is 0 Å². The Morgan fingerprint density at radius 1 is 1.00 bits per heavy atom. The van der Waals surface area contributed by atoms with E-state index >= 15 is 0 Å². The monoisotopic (exact) mass is 346 g/mol. The molecule has 2 aromatic carbocycles. The van der Waals surface area contributed by atoms with Gasteiger partial charge in [0.2, 0.25) is 5.91 Å². The van der Waals surface area contributed by atoms with Crippen molar-refractivity contribution in [3.05, 3.63) is 65.7 Å². The van der Waals surface area contributed by atoms with E-state index in [9.17, 15) is 9.59 Å². The standard InChI is InChI=1S/C22H22N2O2/c25-16-12-18-21(26)24(14-15-6-2-1-3-7-15)11-10-22(18)17-8-4-5-9-19(17)23-20(22)13-16/h1-9,18,20,23H,10-14H2/t18-,20-,22+/m0/s1. The van der Waals surface area contributed by atoms with Crippen molar-refractivity contribution in [1.82, 2.24) is 4.90 Å². The Hall–Kier alpha value is -2.62. The summed E-state index contributed by atoms with van der Waals surface area (Å²) in [6.07, 6.45) is 1.81.